The van der Waals surface area contributed by atoms with Crippen molar-refractivity contribution in [2.75, 3.05) is 39.6 Å². The normalized spacial score (nSPS) is 15.3. The van der Waals surface area contributed by atoms with Gasteiger partial charge in [0, 0.05) is 150 Å². The van der Waals surface area contributed by atoms with Crippen LogP contribution >= 0.6 is 23.2 Å². The second-order valence-corrected chi connectivity index (χ2v) is 36.6. The second-order valence-electron chi connectivity index (χ2n) is 35.7. The molecule has 0 amide bonds. The number of hydrogen-bond donors (Lipinski definition) is 6. The van der Waals surface area contributed by atoms with Crippen molar-refractivity contribution in [1.82, 2.24) is 59.8 Å². The number of nitrogens with zero attached hydrogens (tertiary/aromatic N) is 12. The Balaban J connectivity index is 0.000000147. The molecule has 24 nitrogen and oxygen atoms in total. The van der Waals surface area contributed by atoms with Gasteiger partial charge < -0.3 is 30.6 Å². The largest absolute Gasteiger partial charge is 0.416 e. The minimum absolute atomic E-state index is 0.0286. The summed E-state index contributed by atoms with van der Waals surface area (Å²) >= 11 is 12.3. The summed E-state index contributed by atoms with van der Waals surface area (Å²) in [6, 6.07) is 40.8. The summed E-state index contributed by atoms with van der Waals surface area (Å²) in [5, 5.41) is 54.5. The highest BCUT2D eigenvalue weighted by Crippen LogP contribution is 2.56. The van der Waals surface area contributed by atoms with Gasteiger partial charge in [-0.2, -0.15) is 26.3 Å². The van der Waals surface area contributed by atoms with Crippen LogP contribution in [0.3, 0.4) is 0 Å². The van der Waals surface area contributed by atoms with Gasteiger partial charge in [-0.25, -0.2) is 64.2 Å². The molecule has 5 fully saturated rings. The minimum atomic E-state index is -4.40. The third-order valence-corrected chi connectivity index (χ3v) is 25.9. The molecule has 0 bridgehead atoms. The van der Waals surface area contributed by atoms with Gasteiger partial charge in [-0.05, 0) is 165 Å². The van der Waals surface area contributed by atoms with Gasteiger partial charge in [-0.1, -0.05) is 158 Å². The van der Waals surface area contributed by atoms with Crippen LogP contribution < -0.4 is 0 Å². The van der Waals surface area contributed by atoms with Gasteiger partial charge in [-0.15, -0.1) is 0 Å². The number of rotatable bonds is 30. The first-order valence-electron chi connectivity index (χ1n) is 44.3. The van der Waals surface area contributed by atoms with Crippen molar-refractivity contribution in [1.29, 1.82) is 0 Å². The summed E-state index contributed by atoms with van der Waals surface area (Å²) in [7, 11) is 0. The molecule has 710 valence electrons. The zero-order valence-electron chi connectivity index (χ0n) is 75.3. The summed E-state index contributed by atoms with van der Waals surface area (Å²) in [5.41, 5.74) is 6.84. The molecule has 6 aromatic heterocycles. The Hall–Kier alpha value is -12.3. The molecule has 33 heteroatoms. The maximum atomic E-state index is 13.3. The predicted octanol–water partition coefficient (Wildman–Crippen LogP) is 17.1. The molecule has 5 saturated carbocycles. The highest BCUT2D eigenvalue weighted by atomic mass is 35.5. The van der Waals surface area contributed by atoms with Crippen LogP contribution in [0.25, 0.3) is 0 Å². The number of aromatic nitrogens is 12. The van der Waals surface area contributed by atoms with Crippen LogP contribution in [0.1, 0.15) is 250 Å². The van der Waals surface area contributed by atoms with Crippen LogP contribution in [0.4, 0.5) is 30.7 Å². The molecule has 0 unspecified atom stereocenters. The third-order valence-electron chi connectivity index (χ3n) is 25.3. The zero-order valence-corrected chi connectivity index (χ0v) is 76.8. The Morgan fingerprint density at radius 1 is 0.324 bits per heavy atom. The van der Waals surface area contributed by atoms with Crippen LogP contribution in [0, 0.1) is 19.7 Å². The SMILES string of the molecule is Cc1cc(C(F)(F)F)cc(C(C)(C)Cc2ncc(C(=O)CO)cn2)c1.Cc1ccc(C2(Cc3ncc(C(=O)CO)cn3)CC2)cc1.O=C(CO)c1cnc(CC2(c3ccc(F)cc3)CCCCC2)nc1.O=C(CO)c1cnc(CC2(c3cccc(Cl)c3)CC2)nc1.O=C(CO)c1cnc(CC2(c3ccccc3C(F)(F)F)CC2)nc1.O=C(CO)c1cnc(CC2(c3ccccc3Cl)CC2)nc1. The number of ketones is 6. The number of alkyl halides is 6. The molecule has 5 aliphatic carbocycles. The fourth-order valence-electron chi connectivity index (χ4n) is 16.7. The van der Waals surface area contributed by atoms with E-state index in [9.17, 15) is 59.5 Å². The Kier molecular flexibility index (Phi) is 34.0. The van der Waals surface area contributed by atoms with Crippen LogP contribution in [0.5, 0.6) is 0 Å². The van der Waals surface area contributed by atoms with E-state index in [0.29, 0.717) is 94.6 Å². The first-order valence-corrected chi connectivity index (χ1v) is 45.1. The molecule has 12 aromatic rings. The first-order chi connectivity index (χ1) is 64.9. The molecule has 0 radical (unpaired) electrons. The number of halogens is 9. The molecular weight excluding hydrogens is 1800 g/mol. The fraction of sp³-hybridized carbons (Fsp3) is 0.359. The quantitative estimate of drug-likeness (QED) is 0.0180. The van der Waals surface area contributed by atoms with Gasteiger partial charge in [0.1, 0.15) is 80.4 Å². The van der Waals surface area contributed by atoms with Crippen molar-refractivity contribution >= 4 is 57.9 Å². The van der Waals surface area contributed by atoms with Crippen molar-refractivity contribution in [2.45, 2.75) is 195 Å². The summed E-state index contributed by atoms with van der Waals surface area (Å²) in [4.78, 5) is 119. The summed E-state index contributed by atoms with van der Waals surface area (Å²) in [5.74, 6) is 0.966. The first kappa shape index (κ1) is 103. The van der Waals surface area contributed by atoms with E-state index < -0.39 is 85.5 Å². The summed E-state index contributed by atoms with van der Waals surface area (Å²) < 4.78 is 92.1. The number of aliphatic hydroxyl groups excluding tert-OH is 6. The number of aliphatic hydroxyl groups is 6. The smallest absolute Gasteiger partial charge is 0.388 e. The molecule has 0 saturated heterocycles. The molecule has 0 spiro atoms. The number of carbonyl (C=O) groups excluding carboxylic acids is 6. The van der Waals surface area contributed by atoms with Gasteiger partial charge in [0.05, 0.1) is 44.5 Å². The van der Waals surface area contributed by atoms with Crippen LogP contribution in [0.2, 0.25) is 10.0 Å². The molecular formula is C103H103Cl2F7N12O12. The maximum Gasteiger partial charge on any atom is 0.416 e. The molecule has 0 aliphatic heterocycles. The van der Waals surface area contributed by atoms with Crippen molar-refractivity contribution in [3.63, 3.8) is 0 Å². The van der Waals surface area contributed by atoms with E-state index in [-0.39, 0.29) is 73.7 Å². The highest BCUT2D eigenvalue weighted by molar-refractivity contribution is 6.31. The highest BCUT2D eigenvalue weighted by Gasteiger charge is 2.51. The van der Waals surface area contributed by atoms with E-state index in [1.54, 1.807) is 19.1 Å². The van der Waals surface area contributed by atoms with Crippen LogP contribution in [0.15, 0.2) is 214 Å². The average Bonchev–Trinajstić information content (AvgIpc) is 1.60. The van der Waals surface area contributed by atoms with Crippen molar-refractivity contribution in [2.24, 2.45) is 0 Å². The van der Waals surface area contributed by atoms with Gasteiger partial charge in [0.2, 0.25) is 0 Å². The number of aryl methyl sites for hydroxylation is 2. The van der Waals surface area contributed by atoms with Crippen molar-refractivity contribution < 1.29 is 90.1 Å². The number of benzene rings is 6. The molecule has 17 rings (SSSR count). The van der Waals surface area contributed by atoms with E-state index in [1.807, 2.05) is 62.4 Å². The average molecular weight is 1900 g/mol. The number of carbonyl (C=O) groups is 6. The Bertz CT molecular complexity index is 6130. The maximum absolute atomic E-state index is 13.3. The van der Waals surface area contributed by atoms with Crippen LogP contribution in [-0.4, -0.2) is 165 Å². The Labute approximate surface area is 791 Å². The summed E-state index contributed by atoms with van der Waals surface area (Å²) in [6.07, 6.45) is 25.2. The molecule has 0 atom stereocenters. The predicted molar refractivity (Wildman–Crippen MR) is 492 cm³/mol. The van der Waals surface area contributed by atoms with E-state index in [2.05, 4.69) is 103 Å². The second kappa shape index (κ2) is 45.1. The number of hydrogen-bond acceptors (Lipinski definition) is 24. The molecule has 136 heavy (non-hydrogen) atoms. The lowest BCUT2D eigenvalue weighted by Crippen LogP contribution is -2.32. The minimum Gasteiger partial charge on any atom is -0.388 e. The molecule has 6 N–H and O–H groups in total. The van der Waals surface area contributed by atoms with E-state index in [1.165, 1.54) is 122 Å². The zero-order chi connectivity index (χ0) is 97.8. The van der Waals surface area contributed by atoms with Gasteiger partial charge >= 0.3 is 12.4 Å². The molecule has 6 heterocycles. The molecule has 6 aromatic carbocycles. The lowest BCUT2D eigenvalue weighted by atomic mass is 9.67. The molecule has 5 aliphatic rings. The third kappa shape index (κ3) is 27.1. The Morgan fingerprint density at radius 3 is 0.985 bits per heavy atom. The topological polar surface area (TPSA) is 378 Å². The van der Waals surface area contributed by atoms with Crippen molar-refractivity contribution in [3.05, 3.63) is 354 Å². The lowest BCUT2D eigenvalue weighted by Gasteiger charge is -2.37. The number of Topliss-reactive ketones (excluding diaryl/α,β-unsaturated/α-hetero) is 6. The lowest BCUT2D eigenvalue weighted by molar-refractivity contribution is -0.139. The fourth-order valence-corrected chi connectivity index (χ4v) is 17.2. The van der Waals surface area contributed by atoms with E-state index in [4.69, 9.17) is 53.8 Å². The van der Waals surface area contributed by atoms with Gasteiger partial charge in [-0.3, -0.25) is 28.8 Å². The van der Waals surface area contributed by atoms with Gasteiger partial charge in [0.25, 0.3) is 0 Å². The standard InChI is InChI=1S/C19H21FN2O2.C18H19F3N2O2.C17H15F3N2O2.C17H18N2O2.2C16H15ClN2O2/c20-16-6-4-15(5-7-16)19(8-2-1-3-9-19)10-18-21-11-14(12-22-18)17(24)13-23;1-11-4-13(6-14(5-11)18(19,20)21)17(2,3)7-16-22-8-12(9-23-16)15(25)10-24;18-17(19,20)13-4-2-1-3-12(13)16(5-6-16)7-15-21-8-11(9-22-15)14(24)10-23;1-12-2-4-14(5-3-12)17(6-7-17)8-16-18-9-13(10-19-16)15(21)11-20;17-13-3-1-2-12(6-13)16(4-5-16)7-15-18-8-11(9-19-15)14(21)10-20;17-13-4-2-1-3-12(13)16(5-6-16)7-15-18-8-11(9-19-15)14(21)10-20/h4-7,11-12,23H,1-3,8-10,13H2;4-6,8-9,24H,7,10H2,1-3H3;1-4,8-9,23H,5-7,10H2;2-5,9-10,20H,6-8,11H2,1H3;1-3,6,8-9,20H,4-5,7,10H2;1-4,8-9,20H,5-7,10H2. The summed E-state index contributed by atoms with van der Waals surface area (Å²) in [6.45, 7) is 4.00. The van der Waals surface area contributed by atoms with Crippen LogP contribution in [-0.2, 0) is 83.4 Å². The van der Waals surface area contributed by atoms with E-state index in [0.717, 1.165) is 122 Å². The van der Waals surface area contributed by atoms with Gasteiger partial charge in [0.15, 0.2) is 34.7 Å². The Morgan fingerprint density at radius 2 is 0.640 bits per heavy atom. The monoisotopic (exact) mass is 1900 g/mol. The van der Waals surface area contributed by atoms with E-state index >= 15 is 0 Å². The van der Waals surface area contributed by atoms with Crippen molar-refractivity contribution in [3.8, 4) is 0 Å².